The molecule has 4 nitrogen and oxygen atoms in total. The van der Waals surface area contributed by atoms with Gasteiger partial charge < -0.3 is 15.7 Å². The lowest BCUT2D eigenvalue weighted by molar-refractivity contribution is 0.431. The van der Waals surface area contributed by atoms with Crippen LogP contribution in [0.25, 0.3) is 0 Å². The van der Waals surface area contributed by atoms with E-state index in [1.54, 1.807) is 25.2 Å². The number of benzene rings is 2. The van der Waals surface area contributed by atoms with E-state index in [0.717, 1.165) is 5.56 Å². The number of rotatable bonds is 4. The van der Waals surface area contributed by atoms with Gasteiger partial charge in [-0.25, -0.2) is 4.39 Å². The maximum absolute atomic E-state index is 13.3. The number of guanidine groups is 1. The van der Waals surface area contributed by atoms with Crippen molar-refractivity contribution in [2.75, 3.05) is 7.05 Å². The zero-order valence-corrected chi connectivity index (χ0v) is 16.7. The van der Waals surface area contributed by atoms with Gasteiger partial charge in [0, 0.05) is 30.2 Å². The van der Waals surface area contributed by atoms with Crippen LogP contribution >= 0.6 is 47.2 Å². The van der Waals surface area contributed by atoms with Crippen molar-refractivity contribution in [1.29, 1.82) is 0 Å². The summed E-state index contributed by atoms with van der Waals surface area (Å²) in [6, 6.07) is 9.49. The molecule has 0 atom stereocenters. The van der Waals surface area contributed by atoms with E-state index in [1.165, 1.54) is 12.1 Å². The van der Waals surface area contributed by atoms with Gasteiger partial charge in [-0.1, -0.05) is 35.3 Å². The fourth-order valence-electron chi connectivity index (χ4n) is 1.91. The van der Waals surface area contributed by atoms with Crippen molar-refractivity contribution in [1.82, 2.24) is 10.6 Å². The van der Waals surface area contributed by atoms with E-state index in [2.05, 4.69) is 15.6 Å². The van der Waals surface area contributed by atoms with Crippen LogP contribution in [-0.4, -0.2) is 18.1 Å². The van der Waals surface area contributed by atoms with Crippen molar-refractivity contribution < 1.29 is 9.50 Å². The van der Waals surface area contributed by atoms with Gasteiger partial charge >= 0.3 is 0 Å². The van der Waals surface area contributed by atoms with Gasteiger partial charge in [-0.3, -0.25) is 4.99 Å². The average Bonchev–Trinajstić information content (AvgIpc) is 2.52. The Kier molecular flexibility index (Phi) is 8.58. The Bertz CT molecular complexity index is 728. The highest BCUT2D eigenvalue weighted by Crippen LogP contribution is 2.20. The Morgan fingerprint density at radius 1 is 1.12 bits per heavy atom. The molecule has 0 aliphatic carbocycles. The third-order valence-corrected chi connectivity index (χ3v) is 3.74. The van der Waals surface area contributed by atoms with Crippen molar-refractivity contribution >= 4 is 53.1 Å². The van der Waals surface area contributed by atoms with Crippen LogP contribution in [0.5, 0.6) is 5.75 Å². The predicted octanol–water partition coefficient (Wildman–Crippen LogP) is 4.32. The van der Waals surface area contributed by atoms with Gasteiger partial charge in [-0.15, -0.1) is 24.0 Å². The molecule has 0 bridgehead atoms. The molecule has 0 radical (unpaired) electrons. The Balaban J connectivity index is 0.00000288. The molecule has 0 heterocycles. The highest BCUT2D eigenvalue weighted by Gasteiger charge is 2.05. The Labute approximate surface area is 167 Å². The first-order valence-corrected chi connectivity index (χ1v) is 7.61. The summed E-state index contributed by atoms with van der Waals surface area (Å²) in [5, 5.41) is 16.5. The largest absolute Gasteiger partial charge is 0.505 e. The minimum Gasteiger partial charge on any atom is -0.505 e. The van der Waals surface area contributed by atoms with Gasteiger partial charge in [0.1, 0.15) is 0 Å². The summed E-state index contributed by atoms with van der Waals surface area (Å²) in [5.41, 5.74) is 1.57. The monoisotopic (exact) mass is 483 g/mol. The molecule has 3 N–H and O–H groups in total. The minimum atomic E-state index is -0.653. The first-order chi connectivity index (χ1) is 11.0. The molecule has 0 aliphatic rings. The molecule has 0 fully saturated rings. The molecule has 0 aromatic heterocycles. The fourth-order valence-corrected chi connectivity index (χ4v) is 2.39. The second-order valence-corrected chi connectivity index (χ2v) is 5.64. The highest BCUT2D eigenvalue weighted by molar-refractivity contribution is 14.0. The highest BCUT2D eigenvalue weighted by atomic mass is 127. The number of nitrogens with zero attached hydrogens (tertiary/aromatic N) is 1. The van der Waals surface area contributed by atoms with Crippen LogP contribution in [0, 0.1) is 5.82 Å². The molecule has 0 saturated heterocycles. The number of phenols is 1. The summed E-state index contributed by atoms with van der Waals surface area (Å²) in [4.78, 5) is 4.09. The van der Waals surface area contributed by atoms with Crippen LogP contribution in [0.15, 0.2) is 41.4 Å². The van der Waals surface area contributed by atoms with E-state index in [9.17, 15) is 4.39 Å². The lowest BCUT2D eigenvalue weighted by atomic mass is 10.2. The molecule has 130 valence electrons. The summed E-state index contributed by atoms with van der Waals surface area (Å²) in [6.07, 6.45) is 0. The Morgan fingerprint density at radius 2 is 1.83 bits per heavy atom. The normalized spacial score (nSPS) is 10.9. The molecule has 0 spiro atoms. The van der Waals surface area contributed by atoms with Crippen LogP contribution in [0.3, 0.4) is 0 Å². The first kappa shape index (κ1) is 20.8. The summed E-state index contributed by atoms with van der Waals surface area (Å²) in [7, 11) is 1.64. The molecule has 24 heavy (non-hydrogen) atoms. The first-order valence-electron chi connectivity index (χ1n) is 6.85. The topological polar surface area (TPSA) is 56.7 Å². The Morgan fingerprint density at radius 3 is 2.46 bits per heavy atom. The van der Waals surface area contributed by atoms with Crippen LogP contribution in [0.4, 0.5) is 4.39 Å². The maximum Gasteiger partial charge on any atom is 0.191 e. The number of nitrogens with one attached hydrogen (secondary N) is 2. The van der Waals surface area contributed by atoms with E-state index in [-0.39, 0.29) is 29.7 Å². The third-order valence-electron chi connectivity index (χ3n) is 3.16. The number of halogens is 4. The van der Waals surface area contributed by atoms with Crippen LogP contribution < -0.4 is 10.6 Å². The summed E-state index contributed by atoms with van der Waals surface area (Å²) in [5.74, 6) is -0.474. The van der Waals surface area contributed by atoms with Crippen LogP contribution in [-0.2, 0) is 13.1 Å². The molecular formula is C16H17Cl2FIN3O. The van der Waals surface area contributed by atoms with Crippen molar-refractivity contribution in [2.45, 2.75) is 13.1 Å². The van der Waals surface area contributed by atoms with Crippen molar-refractivity contribution in [2.24, 2.45) is 4.99 Å². The molecule has 0 aliphatic heterocycles. The SMILES string of the molecule is CN=C(NCc1ccc(O)c(F)c1)NCc1ccc(Cl)cc1Cl.I. The average molecular weight is 484 g/mol. The number of phenolic OH excluding ortho intramolecular Hbond substituents is 1. The number of hydrogen-bond donors (Lipinski definition) is 3. The van der Waals surface area contributed by atoms with E-state index in [4.69, 9.17) is 28.3 Å². The van der Waals surface area contributed by atoms with Crippen LogP contribution in [0.1, 0.15) is 11.1 Å². The molecule has 0 amide bonds. The van der Waals surface area contributed by atoms with E-state index < -0.39 is 5.82 Å². The fraction of sp³-hybridized carbons (Fsp3) is 0.188. The minimum absolute atomic E-state index is 0. The lowest BCUT2D eigenvalue weighted by Gasteiger charge is -2.13. The van der Waals surface area contributed by atoms with Crippen LogP contribution in [0.2, 0.25) is 10.0 Å². The molecule has 2 aromatic rings. The number of aliphatic imine (C=N–C) groups is 1. The number of aromatic hydroxyl groups is 1. The van der Waals surface area contributed by atoms with Crippen molar-refractivity contribution in [3.63, 3.8) is 0 Å². The summed E-state index contributed by atoms with van der Waals surface area (Å²) < 4.78 is 13.3. The second kappa shape index (κ2) is 9.90. The molecule has 0 saturated carbocycles. The summed E-state index contributed by atoms with van der Waals surface area (Å²) >= 11 is 12.0. The van der Waals surface area contributed by atoms with E-state index >= 15 is 0 Å². The predicted molar refractivity (Wildman–Crippen MR) is 107 cm³/mol. The summed E-state index contributed by atoms with van der Waals surface area (Å²) in [6.45, 7) is 0.838. The van der Waals surface area contributed by atoms with Gasteiger partial charge in [0.05, 0.1) is 0 Å². The quantitative estimate of drug-likeness (QED) is 0.345. The van der Waals surface area contributed by atoms with Gasteiger partial charge in [0.25, 0.3) is 0 Å². The maximum atomic E-state index is 13.3. The smallest absolute Gasteiger partial charge is 0.191 e. The van der Waals surface area contributed by atoms with Gasteiger partial charge in [0.15, 0.2) is 17.5 Å². The zero-order valence-electron chi connectivity index (χ0n) is 12.8. The molecule has 8 heteroatoms. The zero-order chi connectivity index (χ0) is 16.8. The molecule has 2 rings (SSSR count). The molecule has 0 unspecified atom stereocenters. The Hall–Kier alpha value is -1.25. The standard InChI is InChI=1S/C16H16Cl2FN3O.HI/c1-20-16(21-8-10-2-5-15(23)14(19)6-10)22-9-11-3-4-12(17)7-13(11)18;/h2-7,23H,8-9H2,1H3,(H2,20,21,22);1H. The molecular weight excluding hydrogens is 467 g/mol. The lowest BCUT2D eigenvalue weighted by Crippen LogP contribution is -2.36. The number of hydrogen-bond acceptors (Lipinski definition) is 2. The van der Waals surface area contributed by atoms with E-state index in [0.29, 0.717) is 34.7 Å². The van der Waals surface area contributed by atoms with Gasteiger partial charge in [-0.05, 0) is 35.4 Å². The second-order valence-electron chi connectivity index (χ2n) is 4.80. The van der Waals surface area contributed by atoms with Crippen molar-refractivity contribution in [3.8, 4) is 5.75 Å². The third kappa shape index (κ3) is 5.99. The van der Waals surface area contributed by atoms with Gasteiger partial charge in [-0.2, -0.15) is 0 Å². The van der Waals surface area contributed by atoms with Crippen molar-refractivity contribution in [3.05, 3.63) is 63.4 Å². The van der Waals surface area contributed by atoms with Gasteiger partial charge in [0.2, 0.25) is 0 Å². The molecule has 2 aromatic carbocycles. The van der Waals surface area contributed by atoms with E-state index in [1.807, 2.05) is 6.07 Å².